The van der Waals surface area contributed by atoms with Crippen molar-refractivity contribution in [2.75, 3.05) is 18.5 Å². The number of carbonyl (C=O) groups is 2. The van der Waals surface area contributed by atoms with Crippen molar-refractivity contribution in [3.8, 4) is 11.5 Å². The number of rotatable bonds is 6. The molecule has 28 heavy (non-hydrogen) atoms. The minimum atomic E-state index is -3.01. The molecular formula is C19H14ClF2NO5. The second-order valence-corrected chi connectivity index (χ2v) is 6.05. The van der Waals surface area contributed by atoms with E-state index in [1.807, 2.05) is 12.1 Å². The van der Waals surface area contributed by atoms with Crippen molar-refractivity contribution in [1.82, 2.24) is 0 Å². The van der Waals surface area contributed by atoms with Crippen LogP contribution in [0.5, 0.6) is 11.5 Å². The predicted molar refractivity (Wildman–Crippen MR) is 97.6 cm³/mol. The summed E-state index contributed by atoms with van der Waals surface area (Å²) in [5, 5.41) is 2.34. The molecule has 0 bridgehead atoms. The van der Waals surface area contributed by atoms with Crippen LogP contribution in [-0.4, -0.2) is 31.7 Å². The summed E-state index contributed by atoms with van der Waals surface area (Å²) >= 11 is 5.81. The number of hydrogen-bond donors (Lipinski definition) is 1. The first-order chi connectivity index (χ1) is 13.4. The standard InChI is InChI=1S/C19H14ClF2NO5/c20-14-8-13(5-6-16(14)28-19(21)22)23-17(24)10-27-18(25)12-7-11-3-1-2-4-15(11)26-9-12/h1-8,19H,9-10H2,(H,23,24). The minimum Gasteiger partial charge on any atom is -0.488 e. The zero-order valence-corrected chi connectivity index (χ0v) is 15.0. The van der Waals surface area contributed by atoms with Crippen LogP contribution in [0.15, 0.2) is 48.0 Å². The lowest BCUT2D eigenvalue weighted by Gasteiger charge is -2.16. The Morgan fingerprint density at radius 3 is 2.75 bits per heavy atom. The van der Waals surface area contributed by atoms with Gasteiger partial charge in [0.05, 0.1) is 10.6 Å². The van der Waals surface area contributed by atoms with Crippen LogP contribution in [0, 0.1) is 0 Å². The van der Waals surface area contributed by atoms with Crippen molar-refractivity contribution in [3.05, 3.63) is 58.6 Å². The fraction of sp³-hybridized carbons (Fsp3) is 0.158. The molecule has 146 valence electrons. The van der Waals surface area contributed by atoms with E-state index >= 15 is 0 Å². The van der Waals surface area contributed by atoms with Gasteiger partial charge < -0.3 is 19.5 Å². The van der Waals surface area contributed by atoms with Gasteiger partial charge in [-0.3, -0.25) is 4.79 Å². The maximum atomic E-state index is 12.2. The second kappa shape index (κ2) is 8.71. The molecule has 1 N–H and O–H groups in total. The van der Waals surface area contributed by atoms with E-state index in [-0.39, 0.29) is 28.6 Å². The Kier molecular flexibility index (Phi) is 6.10. The molecule has 3 rings (SSSR count). The molecule has 1 heterocycles. The summed E-state index contributed by atoms with van der Waals surface area (Å²) < 4.78 is 39.1. The number of alkyl halides is 2. The first-order valence-electron chi connectivity index (χ1n) is 8.06. The molecule has 0 aromatic heterocycles. The van der Waals surface area contributed by atoms with Crippen molar-refractivity contribution in [2.24, 2.45) is 0 Å². The number of esters is 1. The number of halogens is 3. The van der Waals surface area contributed by atoms with Gasteiger partial charge in [0, 0.05) is 11.3 Å². The van der Waals surface area contributed by atoms with E-state index < -0.39 is 25.1 Å². The lowest BCUT2D eigenvalue weighted by molar-refractivity contribution is -0.143. The van der Waals surface area contributed by atoms with E-state index in [2.05, 4.69) is 10.1 Å². The third kappa shape index (κ3) is 4.98. The molecule has 0 aliphatic carbocycles. The maximum absolute atomic E-state index is 12.2. The zero-order chi connectivity index (χ0) is 20.1. The quantitative estimate of drug-likeness (QED) is 0.732. The SMILES string of the molecule is O=C(COC(=O)C1=Cc2ccccc2OC1)Nc1ccc(OC(F)F)c(Cl)c1. The third-order valence-electron chi connectivity index (χ3n) is 3.66. The number of anilines is 1. The van der Waals surface area contributed by atoms with Crippen LogP contribution in [-0.2, 0) is 14.3 Å². The Morgan fingerprint density at radius 2 is 2.00 bits per heavy atom. The van der Waals surface area contributed by atoms with E-state index in [1.54, 1.807) is 18.2 Å². The summed E-state index contributed by atoms with van der Waals surface area (Å²) in [7, 11) is 0. The molecule has 0 spiro atoms. The van der Waals surface area contributed by atoms with Gasteiger partial charge in [0.25, 0.3) is 5.91 Å². The second-order valence-electron chi connectivity index (χ2n) is 5.64. The van der Waals surface area contributed by atoms with Crippen molar-refractivity contribution in [3.63, 3.8) is 0 Å². The monoisotopic (exact) mass is 409 g/mol. The minimum absolute atomic E-state index is 0.0403. The van der Waals surface area contributed by atoms with Gasteiger partial charge >= 0.3 is 12.6 Å². The lowest BCUT2D eigenvalue weighted by Crippen LogP contribution is -2.23. The molecule has 0 fully saturated rings. The van der Waals surface area contributed by atoms with Crippen molar-refractivity contribution >= 4 is 35.2 Å². The molecule has 1 aliphatic heterocycles. The van der Waals surface area contributed by atoms with Gasteiger partial charge in [0.15, 0.2) is 6.61 Å². The summed E-state index contributed by atoms with van der Waals surface area (Å²) in [5.74, 6) is -0.855. The molecule has 0 unspecified atom stereocenters. The van der Waals surface area contributed by atoms with Crippen LogP contribution < -0.4 is 14.8 Å². The summed E-state index contributed by atoms with van der Waals surface area (Å²) in [4.78, 5) is 24.0. The predicted octanol–water partition coefficient (Wildman–Crippen LogP) is 3.90. The Hall–Kier alpha value is -3.13. The van der Waals surface area contributed by atoms with Gasteiger partial charge in [-0.1, -0.05) is 29.8 Å². The average Bonchev–Trinajstić information content (AvgIpc) is 2.67. The molecule has 0 atom stereocenters. The molecule has 1 aliphatic rings. The maximum Gasteiger partial charge on any atom is 0.387 e. The molecule has 9 heteroatoms. The molecule has 2 aromatic rings. The van der Waals surface area contributed by atoms with E-state index in [0.717, 1.165) is 5.56 Å². The Labute approximate surface area is 163 Å². The van der Waals surface area contributed by atoms with Crippen molar-refractivity contribution in [1.29, 1.82) is 0 Å². The lowest BCUT2D eigenvalue weighted by atomic mass is 10.1. The number of nitrogens with one attached hydrogen (secondary N) is 1. The first kappa shape index (κ1) is 19.6. The van der Waals surface area contributed by atoms with Crippen molar-refractivity contribution in [2.45, 2.75) is 6.61 Å². The molecule has 6 nitrogen and oxygen atoms in total. The van der Waals surface area contributed by atoms with Crippen LogP contribution in [0.2, 0.25) is 5.02 Å². The summed E-state index contributed by atoms with van der Waals surface area (Å²) in [6.07, 6.45) is 1.64. The van der Waals surface area contributed by atoms with Gasteiger partial charge in [-0.15, -0.1) is 0 Å². The van der Waals surface area contributed by atoms with Crippen LogP contribution in [0.3, 0.4) is 0 Å². The van der Waals surface area contributed by atoms with Gasteiger partial charge in [-0.25, -0.2) is 4.79 Å². The van der Waals surface area contributed by atoms with Crippen LogP contribution in [0.4, 0.5) is 14.5 Å². The van der Waals surface area contributed by atoms with Gasteiger partial charge in [-0.05, 0) is 30.3 Å². The topological polar surface area (TPSA) is 73.9 Å². The van der Waals surface area contributed by atoms with E-state index in [0.29, 0.717) is 5.75 Å². The number of ether oxygens (including phenoxy) is 3. The van der Waals surface area contributed by atoms with E-state index in [1.165, 1.54) is 18.2 Å². The highest BCUT2D eigenvalue weighted by Gasteiger charge is 2.19. The molecule has 0 saturated heterocycles. The number of amides is 1. The normalized spacial score (nSPS) is 12.5. The van der Waals surface area contributed by atoms with Gasteiger partial charge in [-0.2, -0.15) is 8.78 Å². The zero-order valence-electron chi connectivity index (χ0n) is 14.3. The third-order valence-corrected chi connectivity index (χ3v) is 3.96. The van der Waals surface area contributed by atoms with Gasteiger partial charge in [0.2, 0.25) is 0 Å². The highest BCUT2D eigenvalue weighted by Crippen LogP contribution is 2.29. The Morgan fingerprint density at radius 1 is 1.21 bits per heavy atom. The number of benzene rings is 2. The summed E-state index contributed by atoms with van der Waals surface area (Å²) in [6.45, 7) is -3.51. The fourth-order valence-corrected chi connectivity index (χ4v) is 2.65. The van der Waals surface area contributed by atoms with Crippen LogP contribution in [0.25, 0.3) is 6.08 Å². The highest BCUT2D eigenvalue weighted by molar-refractivity contribution is 6.32. The largest absolute Gasteiger partial charge is 0.488 e. The summed E-state index contributed by atoms with van der Waals surface area (Å²) in [6, 6.07) is 11.0. The fourth-order valence-electron chi connectivity index (χ4n) is 2.42. The molecule has 2 aromatic carbocycles. The molecular weight excluding hydrogens is 396 g/mol. The summed E-state index contributed by atoms with van der Waals surface area (Å²) in [5.41, 5.74) is 1.26. The van der Waals surface area contributed by atoms with E-state index in [9.17, 15) is 18.4 Å². The number of hydrogen-bond acceptors (Lipinski definition) is 5. The number of fused-ring (bicyclic) bond motifs is 1. The molecule has 0 saturated carbocycles. The Balaban J connectivity index is 1.54. The average molecular weight is 410 g/mol. The Bertz CT molecular complexity index is 932. The molecule has 0 radical (unpaired) electrons. The van der Waals surface area contributed by atoms with E-state index in [4.69, 9.17) is 21.1 Å². The van der Waals surface area contributed by atoms with Crippen molar-refractivity contribution < 1.29 is 32.6 Å². The molecule has 1 amide bonds. The van der Waals surface area contributed by atoms with Gasteiger partial charge in [0.1, 0.15) is 18.1 Å². The smallest absolute Gasteiger partial charge is 0.387 e. The van der Waals surface area contributed by atoms with Crippen LogP contribution in [0.1, 0.15) is 5.56 Å². The van der Waals surface area contributed by atoms with Crippen LogP contribution >= 0.6 is 11.6 Å². The highest BCUT2D eigenvalue weighted by atomic mass is 35.5. The first-order valence-corrected chi connectivity index (χ1v) is 8.44. The number of para-hydroxylation sites is 1. The number of carbonyl (C=O) groups excluding carboxylic acids is 2.